The monoisotopic (exact) mass is 219 g/mol. The van der Waals surface area contributed by atoms with Gasteiger partial charge in [0.15, 0.2) is 0 Å². The number of hydrogen-bond donors (Lipinski definition) is 0. The number of fused-ring (bicyclic) bond motifs is 3. The summed E-state index contributed by atoms with van der Waals surface area (Å²) in [6.07, 6.45) is 3.13. The summed E-state index contributed by atoms with van der Waals surface area (Å²) in [6.45, 7) is 0.820. The lowest BCUT2D eigenvalue weighted by Crippen LogP contribution is -2.18. The van der Waals surface area contributed by atoms with Crippen molar-refractivity contribution in [2.45, 2.75) is 17.7 Å². The number of ether oxygens (including phenoxy) is 1. The Morgan fingerprint density at radius 2 is 2.27 bits per heavy atom. The zero-order valence-electron chi connectivity index (χ0n) is 8.43. The van der Waals surface area contributed by atoms with E-state index in [0.29, 0.717) is 11.3 Å². The average molecular weight is 219 g/mol. The van der Waals surface area contributed by atoms with Gasteiger partial charge in [-0.05, 0) is 12.5 Å². The van der Waals surface area contributed by atoms with Gasteiger partial charge in [-0.3, -0.25) is 4.99 Å². The van der Waals surface area contributed by atoms with Gasteiger partial charge in [-0.2, -0.15) is 11.8 Å². The molecule has 0 amide bonds. The van der Waals surface area contributed by atoms with E-state index in [9.17, 15) is 0 Å². The maximum atomic E-state index is 5.75. The van der Waals surface area contributed by atoms with Crippen LogP contribution < -0.4 is 4.74 Å². The van der Waals surface area contributed by atoms with Crippen molar-refractivity contribution in [2.24, 2.45) is 4.99 Å². The number of rotatable bonds is 0. The highest BCUT2D eigenvalue weighted by atomic mass is 32.2. The van der Waals surface area contributed by atoms with Crippen LogP contribution in [0.3, 0.4) is 0 Å². The van der Waals surface area contributed by atoms with Crippen molar-refractivity contribution in [3.63, 3.8) is 0 Å². The molecule has 0 bridgehead atoms. The Bertz CT molecular complexity index is 391. The van der Waals surface area contributed by atoms with E-state index in [1.54, 1.807) is 0 Å². The van der Waals surface area contributed by atoms with E-state index >= 15 is 0 Å². The Labute approximate surface area is 93.7 Å². The molecular formula is C12H13NOS. The van der Waals surface area contributed by atoms with E-state index in [-0.39, 0.29) is 0 Å². The molecule has 1 aromatic carbocycles. The molecule has 78 valence electrons. The van der Waals surface area contributed by atoms with Gasteiger partial charge in [-0.25, -0.2) is 0 Å². The summed E-state index contributed by atoms with van der Waals surface area (Å²) >= 11 is 1.99. The minimum absolute atomic E-state index is 0.308. The number of para-hydroxylation sites is 1. The third kappa shape index (κ3) is 1.65. The first-order valence-electron chi connectivity index (χ1n) is 5.30. The van der Waals surface area contributed by atoms with Gasteiger partial charge in [-0.1, -0.05) is 18.2 Å². The zero-order valence-corrected chi connectivity index (χ0v) is 9.24. The molecule has 0 saturated heterocycles. The molecule has 15 heavy (non-hydrogen) atoms. The van der Waals surface area contributed by atoms with E-state index in [1.165, 1.54) is 5.56 Å². The van der Waals surface area contributed by atoms with Crippen molar-refractivity contribution < 1.29 is 4.74 Å². The predicted octanol–water partition coefficient (Wildman–Crippen LogP) is 2.70. The van der Waals surface area contributed by atoms with Gasteiger partial charge < -0.3 is 4.74 Å². The lowest BCUT2D eigenvalue weighted by Gasteiger charge is -2.24. The second-order valence-electron chi connectivity index (χ2n) is 3.82. The van der Waals surface area contributed by atoms with Crippen LogP contribution in [0.25, 0.3) is 0 Å². The van der Waals surface area contributed by atoms with Crippen LogP contribution in [-0.2, 0) is 0 Å². The molecule has 2 nitrogen and oxygen atoms in total. The molecule has 2 aliphatic rings. The minimum atomic E-state index is 0.308. The smallest absolute Gasteiger partial charge is 0.124 e. The Kier molecular flexibility index (Phi) is 2.41. The van der Waals surface area contributed by atoms with Gasteiger partial charge in [0.1, 0.15) is 5.75 Å². The molecule has 3 rings (SSSR count). The van der Waals surface area contributed by atoms with Crippen molar-refractivity contribution in [1.29, 1.82) is 0 Å². The number of hydrogen-bond acceptors (Lipinski definition) is 3. The molecule has 0 aromatic heterocycles. The summed E-state index contributed by atoms with van der Waals surface area (Å²) in [5, 5.41) is 0.596. The number of thioether (sulfide) groups is 1. The van der Waals surface area contributed by atoms with Gasteiger partial charge in [0.25, 0.3) is 0 Å². The third-order valence-corrected chi connectivity index (χ3v) is 4.16. The lowest BCUT2D eigenvalue weighted by atomic mass is 10.0. The summed E-state index contributed by atoms with van der Waals surface area (Å²) < 4.78 is 5.75. The highest BCUT2D eigenvalue weighted by Gasteiger charge is 2.29. The maximum absolute atomic E-state index is 5.75. The zero-order chi connectivity index (χ0) is 10.1. The van der Waals surface area contributed by atoms with E-state index < -0.39 is 0 Å². The van der Waals surface area contributed by atoms with Gasteiger partial charge in [0.2, 0.25) is 0 Å². The molecular weight excluding hydrogens is 206 g/mol. The van der Waals surface area contributed by atoms with E-state index in [0.717, 1.165) is 24.5 Å². The summed E-state index contributed by atoms with van der Waals surface area (Å²) in [6, 6.07) is 8.59. The predicted molar refractivity (Wildman–Crippen MR) is 64.0 cm³/mol. The van der Waals surface area contributed by atoms with Gasteiger partial charge >= 0.3 is 0 Å². The van der Waals surface area contributed by atoms with E-state index in [4.69, 9.17) is 4.74 Å². The fraction of sp³-hybridized carbons (Fsp3) is 0.417. The summed E-state index contributed by atoms with van der Waals surface area (Å²) in [7, 11) is 0. The number of benzene rings is 1. The first-order chi connectivity index (χ1) is 7.45. The maximum Gasteiger partial charge on any atom is 0.124 e. The van der Waals surface area contributed by atoms with Crippen LogP contribution in [0.5, 0.6) is 5.75 Å². The van der Waals surface area contributed by atoms with Crippen LogP contribution in [0, 0.1) is 0 Å². The Balaban J connectivity index is 2.06. The van der Waals surface area contributed by atoms with Crippen molar-refractivity contribution in [2.75, 3.05) is 12.4 Å². The second kappa shape index (κ2) is 3.89. The third-order valence-electron chi connectivity index (χ3n) is 2.90. The van der Waals surface area contributed by atoms with Crippen LogP contribution >= 0.6 is 11.8 Å². The van der Waals surface area contributed by atoms with Crippen molar-refractivity contribution in [3.05, 3.63) is 29.8 Å². The van der Waals surface area contributed by atoms with E-state index in [2.05, 4.69) is 17.1 Å². The molecule has 2 unspecified atom stereocenters. The SMILES string of the molecule is C1=NC2c3ccccc3OCCC2SC1. The van der Waals surface area contributed by atoms with Gasteiger partial charge in [0, 0.05) is 22.8 Å². The van der Waals surface area contributed by atoms with Gasteiger partial charge in [0.05, 0.1) is 12.6 Å². The largest absolute Gasteiger partial charge is 0.493 e. The molecule has 3 heteroatoms. The Morgan fingerprint density at radius 1 is 1.33 bits per heavy atom. The van der Waals surface area contributed by atoms with Crippen LogP contribution in [-0.4, -0.2) is 23.8 Å². The quantitative estimate of drug-likeness (QED) is 0.669. The molecule has 0 spiro atoms. The molecule has 2 atom stereocenters. The van der Waals surface area contributed by atoms with Crippen molar-refractivity contribution in [3.8, 4) is 5.75 Å². The van der Waals surface area contributed by atoms with Crippen LogP contribution in [0.1, 0.15) is 18.0 Å². The highest BCUT2D eigenvalue weighted by Crippen LogP contribution is 2.40. The fourth-order valence-corrected chi connectivity index (χ4v) is 3.25. The minimum Gasteiger partial charge on any atom is -0.493 e. The molecule has 2 heterocycles. The second-order valence-corrected chi connectivity index (χ2v) is 5.10. The topological polar surface area (TPSA) is 21.6 Å². The first kappa shape index (κ1) is 9.28. The fourth-order valence-electron chi connectivity index (χ4n) is 2.17. The molecule has 0 radical (unpaired) electrons. The normalized spacial score (nSPS) is 28.5. The number of aliphatic imine (C=N–C) groups is 1. The van der Waals surface area contributed by atoms with Gasteiger partial charge in [-0.15, -0.1) is 0 Å². The molecule has 0 fully saturated rings. The van der Waals surface area contributed by atoms with Crippen molar-refractivity contribution >= 4 is 18.0 Å². The molecule has 2 aliphatic heterocycles. The van der Waals surface area contributed by atoms with Crippen LogP contribution in [0.4, 0.5) is 0 Å². The molecule has 1 aromatic rings. The first-order valence-corrected chi connectivity index (χ1v) is 6.35. The Morgan fingerprint density at radius 3 is 3.27 bits per heavy atom. The number of nitrogens with zero attached hydrogens (tertiary/aromatic N) is 1. The Hall–Kier alpha value is -0.960. The standard InChI is InChI=1S/C12H13NOS/c1-2-4-10-9(3-1)12-11(5-7-14-10)15-8-6-13-12/h1-4,6,11-12H,5,7-8H2. The van der Waals surface area contributed by atoms with E-state index in [1.807, 2.05) is 30.1 Å². The summed E-state index contributed by atoms with van der Waals surface area (Å²) in [5.41, 5.74) is 1.25. The van der Waals surface area contributed by atoms with Crippen molar-refractivity contribution in [1.82, 2.24) is 0 Å². The van der Waals surface area contributed by atoms with Crippen LogP contribution in [0.2, 0.25) is 0 Å². The molecule has 0 aliphatic carbocycles. The average Bonchev–Trinajstić information content (AvgIpc) is 2.48. The molecule has 0 N–H and O–H groups in total. The summed E-state index contributed by atoms with van der Waals surface area (Å²) in [4.78, 5) is 4.63. The molecule has 0 saturated carbocycles. The lowest BCUT2D eigenvalue weighted by molar-refractivity contribution is 0.317. The highest BCUT2D eigenvalue weighted by molar-refractivity contribution is 8.00. The van der Waals surface area contributed by atoms with Crippen LogP contribution in [0.15, 0.2) is 29.3 Å². The summed E-state index contributed by atoms with van der Waals surface area (Å²) in [5.74, 6) is 2.06.